The summed E-state index contributed by atoms with van der Waals surface area (Å²) in [6.07, 6.45) is -3.43. The molecule has 0 bridgehead atoms. The second kappa shape index (κ2) is 4.21. The van der Waals surface area contributed by atoms with E-state index in [0.29, 0.717) is 0 Å². The number of carbonyl (C=O) groups excluding carboxylic acids is 2. The van der Waals surface area contributed by atoms with E-state index in [0.717, 1.165) is 6.92 Å². The van der Waals surface area contributed by atoms with Crippen LogP contribution in [0.4, 0.5) is 0 Å². The fraction of sp³-hybridized carbons (Fsp3) is 0.750. The number of esters is 1. The van der Waals surface area contributed by atoms with E-state index in [9.17, 15) is 14.7 Å². The fourth-order valence-corrected chi connectivity index (χ4v) is 0.518. The average molecular weight is 180 g/mol. The summed E-state index contributed by atoms with van der Waals surface area (Å²) in [5.41, 5.74) is -3.34. The number of Topliss-reactive ketones (excluding diaryl/α,β-unsaturated/α-hetero) is 1. The maximum Gasteiger partial charge on any atom is 0.345 e. The monoisotopic (exact) mass is 180 g/mol. The lowest BCUT2D eigenvalue weighted by Gasteiger charge is -2.20. The SMILES string of the molecule is [2H]C([2H])([2H])C([2H])([2H])C(O)(C([13CH3])=O)C(=O)OCC. The molecular formula is C8H14O4. The van der Waals surface area contributed by atoms with Crippen molar-refractivity contribution in [1.29, 1.82) is 0 Å². The van der Waals surface area contributed by atoms with Crippen LogP contribution in [0.1, 0.15) is 33.9 Å². The Labute approximate surface area is 78.5 Å². The van der Waals surface area contributed by atoms with Crippen molar-refractivity contribution in [2.75, 3.05) is 6.61 Å². The van der Waals surface area contributed by atoms with E-state index < -0.39 is 30.6 Å². The summed E-state index contributed by atoms with van der Waals surface area (Å²) in [5, 5.41) is 9.79. The van der Waals surface area contributed by atoms with Gasteiger partial charge < -0.3 is 9.84 Å². The molecule has 0 radical (unpaired) electrons. The molecule has 1 atom stereocenters. The number of ether oxygens (including phenoxy) is 1. The Hall–Kier alpha value is -0.900. The van der Waals surface area contributed by atoms with E-state index >= 15 is 0 Å². The van der Waals surface area contributed by atoms with Gasteiger partial charge >= 0.3 is 5.97 Å². The smallest absolute Gasteiger partial charge is 0.345 e. The van der Waals surface area contributed by atoms with E-state index in [1.54, 1.807) is 0 Å². The van der Waals surface area contributed by atoms with Gasteiger partial charge in [0.2, 0.25) is 5.60 Å². The van der Waals surface area contributed by atoms with Gasteiger partial charge in [-0.1, -0.05) is 6.85 Å². The topological polar surface area (TPSA) is 63.6 Å². The minimum absolute atomic E-state index is 0.217. The van der Waals surface area contributed by atoms with Gasteiger partial charge in [-0.2, -0.15) is 0 Å². The molecule has 1 unspecified atom stereocenters. The highest BCUT2D eigenvalue weighted by atomic mass is 16.5. The molecule has 0 aliphatic carbocycles. The molecule has 70 valence electrons. The zero-order chi connectivity index (χ0) is 14.1. The lowest BCUT2D eigenvalue weighted by atomic mass is 9.99. The summed E-state index contributed by atoms with van der Waals surface area (Å²) >= 11 is 0. The number of hydrogen-bond donors (Lipinski definition) is 1. The van der Waals surface area contributed by atoms with Crippen molar-refractivity contribution in [2.45, 2.75) is 32.7 Å². The highest BCUT2D eigenvalue weighted by Gasteiger charge is 2.40. The van der Waals surface area contributed by atoms with Crippen LogP contribution in [-0.2, 0) is 14.3 Å². The molecular weight excluding hydrogens is 161 g/mol. The largest absolute Gasteiger partial charge is 0.464 e. The van der Waals surface area contributed by atoms with Crippen molar-refractivity contribution >= 4 is 11.8 Å². The molecule has 0 aliphatic rings. The van der Waals surface area contributed by atoms with Gasteiger partial charge in [-0.25, -0.2) is 4.79 Å². The maximum absolute atomic E-state index is 11.4. The molecule has 4 nitrogen and oxygen atoms in total. The molecule has 0 saturated carbocycles. The molecule has 0 aromatic heterocycles. The zero-order valence-electron chi connectivity index (χ0n) is 11.9. The lowest BCUT2D eigenvalue weighted by Crippen LogP contribution is -2.45. The number of aliphatic hydroxyl groups is 1. The van der Waals surface area contributed by atoms with E-state index in [2.05, 4.69) is 4.74 Å². The summed E-state index contributed by atoms with van der Waals surface area (Å²) in [5.74, 6) is -2.93. The fourth-order valence-electron chi connectivity index (χ4n) is 0.518. The molecule has 0 saturated heterocycles. The van der Waals surface area contributed by atoms with Crippen LogP contribution in [0, 0.1) is 0 Å². The molecule has 0 heterocycles. The van der Waals surface area contributed by atoms with Gasteiger partial charge in [0, 0.05) is 6.85 Å². The van der Waals surface area contributed by atoms with Crippen molar-refractivity contribution in [3.63, 3.8) is 0 Å². The van der Waals surface area contributed by atoms with Gasteiger partial charge in [0.05, 0.1) is 6.61 Å². The zero-order valence-corrected chi connectivity index (χ0v) is 6.88. The standard InChI is InChI=1S/C8H14O4/c1-4-8(11,6(3)9)7(10)12-5-2/h11H,4-5H2,1-3H3/i1D3,3+1,4D2. The van der Waals surface area contributed by atoms with Crippen LogP contribution in [0.25, 0.3) is 0 Å². The second-order valence-electron chi connectivity index (χ2n) is 2.11. The molecule has 0 aliphatic heterocycles. The number of carbonyl (C=O) groups is 2. The van der Waals surface area contributed by atoms with Crippen molar-refractivity contribution in [3.8, 4) is 0 Å². The first-order valence-electron chi connectivity index (χ1n) is 5.83. The normalized spacial score (nSPS) is 23.4. The average Bonchev–Trinajstić information content (AvgIpc) is 2.14. The van der Waals surface area contributed by atoms with Gasteiger partial charge in [-0.3, -0.25) is 4.79 Å². The minimum Gasteiger partial charge on any atom is -0.464 e. The first-order valence-corrected chi connectivity index (χ1v) is 3.33. The molecule has 1 N–H and O–H groups in total. The molecule has 12 heavy (non-hydrogen) atoms. The highest BCUT2D eigenvalue weighted by Crippen LogP contribution is 2.13. The van der Waals surface area contributed by atoms with Crippen LogP contribution in [0.5, 0.6) is 0 Å². The van der Waals surface area contributed by atoms with Crippen LogP contribution in [-0.4, -0.2) is 29.1 Å². The molecule has 0 amide bonds. The van der Waals surface area contributed by atoms with E-state index in [1.165, 1.54) is 6.92 Å². The first-order chi connectivity index (χ1) is 7.42. The number of hydrogen-bond acceptors (Lipinski definition) is 4. The quantitative estimate of drug-likeness (QED) is 0.383. The van der Waals surface area contributed by atoms with Gasteiger partial charge in [0.1, 0.15) is 0 Å². The maximum atomic E-state index is 11.4. The molecule has 0 fully saturated rings. The van der Waals surface area contributed by atoms with Gasteiger partial charge in [-0.05, 0) is 20.2 Å². The Balaban J connectivity index is 5.67. The summed E-state index contributed by atoms with van der Waals surface area (Å²) in [7, 11) is 0. The third-order valence-electron chi connectivity index (χ3n) is 1.26. The molecule has 4 heteroatoms. The highest BCUT2D eigenvalue weighted by molar-refractivity contribution is 6.05. The van der Waals surface area contributed by atoms with Crippen LogP contribution in [0.3, 0.4) is 0 Å². The van der Waals surface area contributed by atoms with Gasteiger partial charge in [0.15, 0.2) is 5.78 Å². The first kappa shape index (κ1) is 4.97. The van der Waals surface area contributed by atoms with E-state index in [4.69, 9.17) is 6.85 Å². The molecule has 0 aromatic carbocycles. The van der Waals surface area contributed by atoms with Crippen LogP contribution >= 0.6 is 0 Å². The minimum atomic E-state index is -3.43. The van der Waals surface area contributed by atoms with Gasteiger partial charge in [-0.15, -0.1) is 0 Å². The number of ketones is 1. The van der Waals surface area contributed by atoms with Crippen molar-refractivity contribution in [2.24, 2.45) is 0 Å². The molecule has 0 rings (SSSR count). The Morgan fingerprint density at radius 2 is 2.33 bits per heavy atom. The third-order valence-corrected chi connectivity index (χ3v) is 1.26. The van der Waals surface area contributed by atoms with Gasteiger partial charge in [0.25, 0.3) is 0 Å². The summed E-state index contributed by atoms with van der Waals surface area (Å²) in [4.78, 5) is 22.7. The lowest BCUT2D eigenvalue weighted by molar-refractivity contribution is -0.169. The van der Waals surface area contributed by atoms with Crippen LogP contribution < -0.4 is 0 Å². The van der Waals surface area contributed by atoms with Crippen molar-refractivity contribution < 1.29 is 26.3 Å². The molecule has 0 spiro atoms. The second-order valence-corrected chi connectivity index (χ2v) is 2.11. The number of rotatable bonds is 4. The predicted octanol–water partition coefficient (Wildman–Crippen LogP) is 0.280. The van der Waals surface area contributed by atoms with Crippen molar-refractivity contribution in [3.05, 3.63) is 0 Å². The summed E-state index contributed by atoms with van der Waals surface area (Å²) in [6.45, 7) is -1.46. The van der Waals surface area contributed by atoms with Crippen LogP contribution in [0.15, 0.2) is 0 Å². The predicted molar refractivity (Wildman–Crippen MR) is 42.6 cm³/mol. The van der Waals surface area contributed by atoms with Crippen molar-refractivity contribution in [1.82, 2.24) is 0 Å². The van der Waals surface area contributed by atoms with Crippen LogP contribution in [0.2, 0.25) is 0 Å². The summed E-state index contributed by atoms with van der Waals surface area (Å²) < 4.78 is 39.8. The Morgan fingerprint density at radius 3 is 2.67 bits per heavy atom. The van der Waals surface area contributed by atoms with E-state index in [-0.39, 0.29) is 6.61 Å². The Kier molecular flexibility index (Phi) is 1.74. The van der Waals surface area contributed by atoms with E-state index in [1.807, 2.05) is 0 Å². The summed E-state index contributed by atoms with van der Waals surface area (Å²) in [6, 6.07) is 0. The Bertz CT molecular complexity index is 324. The molecule has 0 aromatic rings. The third kappa shape index (κ3) is 2.04. The Morgan fingerprint density at radius 1 is 1.75 bits per heavy atom.